The number of halogens is 2. The number of rotatable bonds is 6. The molecule has 1 N–H and O–H groups in total. The zero-order chi connectivity index (χ0) is 27.7. The van der Waals surface area contributed by atoms with E-state index < -0.39 is 5.97 Å². The van der Waals surface area contributed by atoms with Crippen molar-refractivity contribution in [2.24, 2.45) is 4.99 Å². The molecule has 1 aromatic heterocycles. The van der Waals surface area contributed by atoms with Crippen molar-refractivity contribution in [2.45, 2.75) is 20.4 Å². The number of amides is 1. The maximum absolute atomic E-state index is 13.7. The summed E-state index contributed by atoms with van der Waals surface area (Å²) in [6, 6.07) is 23.3. The highest BCUT2D eigenvalue weighted by molar-refractivity contribution is 8.18. The van der Waals surface area contributed by atoms with E-state index in [-0.39, 0.29) is 18.0 Å². The maximum Gasteiger partial charge on any atom is 0.335 e. The molecule has 1 fully saturated rings. The van der Waals surface area contributed by atoms with Crippen molar-refractivity contribution in [1.29, 1.82) is 0 Å². The van der Waals surface area contributed by atoms with Gasteiger partial charge in [-0.25, -0.2) is 9.79 Å². The predicted octanol–water partition coefficient (Wildman–Crippen LogP) is 7.90. The van der Waals surface area contributed by atoms with Crippen LogP contribution < -0.4 is 0 Å². The van der Waals surface area contributed by atoms with Crippen LogP contribution in [-0.2, 0) is 11.3 Å². The first kappa shape index (κ1) is 26.8. The van der Waals surface area contributed by atoms with E-state index in [1.165, 1.54) is 23.9 Å². The minimum absolute atomic E-state index is 0.175. The van der Waals surface area contributed by atoms with Gasteiger partial charge >= 0.3 is 5.97 Å². The summed E-state index contributed by atoms with van der Waals surface area (Å²) in [4.78, 5) is 31.8. The number of aromatic nitrogens is 1. The smallest absolute Gasteiger partial charge is 0.335 e. The maximum atomic E-state index is 13.7. The van der Waals surface area contributed by atoms with E-state index >= 15 is 0 Å². The van der Waals surface area contributed by atoms with Crippen LogP contribution in [-0.4, -0.2) is 31.6 Å². The number of carboxylic acids is 1. The number of thioether (sulfide) groups is 1. The zero-order valence-electron chi connectivity index (χ0n) is 21.1. The van der Waals surface area contributed by atoms with Gasteiger partial charge in [0.15, 0.2) is 5.17 Å². The number of nitrogens with zero attached hydrogens (tertiary/aromatic N) is 3. The molecule has 6 nitrogen and oxygen atoms in total. The first-order valence-corrected chi connectivity index (χ1v) is 13.6. The van der Waals surface area contributed by atoms with E-state index in [0.717, 1.165) is 33.9 Å². The molecular weight excluding hydrogens is 553 g/mol. The van der Waals surface area contributed by atoms with Gasteiger partial charge in [0.2, 0.25) is 0 Å². The van der Waals surface area contributed by atoms with Gasteiger partial charge in [-0.3, -0.25) is 9.69 Å². The number of hydrogen-bond donors (Lipinski definition) is 1. The SMILES string of the molecule is Cc1cc(/C=C2\SC(=Nc3ccccc3)N(Cc3ccc(C(=O)O)cc3)C2=O)c(C)n1-c1ccc(Cl)cc1Cl. The molecule has 1 saturated heterocycles. The molecule has 4 aromatic rings. The van der Waals surface area contributed by atoms with Crippen molar-refractivity contribution in [2.75, 3.05) is 0 Å². The molecule has 39 heavy (non-hydrogen) atoms. The molecule has 5 rings (SSSR count). The van der Waals surface area contributed by atoms with Crippen LogP contribution in [0.5, 0.6) is 0 Å². The molecule has 0 unspecified atom stereocenters. The van der Waals surface area contributed by atoms with Crippen LogP contribution in [0.4, 0.5) is 5.69 Å². The topological polar surface area (TPSA) is 74.9 Å². The van der Waals surface area contributed by atoms with Crippen LogP contribution in [0.1, 0.15) is 32.9 Å². The molecule has 0 bridgehead atoms. The molecule has 9 heteroatoms. The van der Waals surface area contributed by atoms with Gasteiger partial charge < -0.3 is 9.67 Å². The van der Waals surface area contributed by atoms with E-state index in [9.17, 15) is 14.7 Å². The molecule has 0 aliphatic carbocycles. The summed E-state index contributed by atoms with van der Waals surface area (Å²) in [7, 11) is 0. The lowest BCUT2D eigenvalue weighted by molar-refractivity contribution is -0.122. The van der Waals surface area contributed by atoms with Gasteiger partial charge in [0.05, 0.1) is 33.4 Å². The Balaban J connectivity index is 1.52. The largest absolute Gasteiger partial charge is 0.478 e. The molecule has 0 radical (unpaired) electrons. The molecule has 1 aliphatic heterocycles. The Hall–Kier alpha value is -3.78. The van der Waals surface area contributed by atoms with Crippen molar-refractivity contribution in [3.63, 3.8) is 0 Å². The molecule has 0 spiro atoms. The van der Waals surface area contributed by atoms with Crippen molar-refractivity contribution < 1.29 is 14.7 Å². The van der Waals surface area contributed by atoms with E-state index in [2.05, 4.69) is 0 Å². The summed E-state index contributed by atoms with van der Waals surface area (Å²) in [5.74, 6) is -1.17. The fraction of sp³-hybridized carbons (Fsp3) is 0.100. The Kier molecular flexibility index (Phi) is 7.66. The Morgan fingerprint density at radius 2 is 1.72 bits per heavy atom. The van der Waals surface area contributed by atoms with Gasteiger partial charge in [0, 0.05) is 16.4 Å². The average Bonchev–Trinajstić information content (AvgIpc) is 3.34. The van der Waals surface area contributed by atoms with Gasteiger partial charge in [-0.05, 0) is 91.3 Å². The number of carbonyl (C=O) groups excluding carboxylic acids is 1. The summed E-state index contributed by atoms with van der Waals surface area (Å²) >= 11 is 13.9. The second-order valence-electron chi connectivity index (χ2n) is 8.99. The lowest BCUT2D eigenvalue weighted by Gasteiger charge is -2.16. The summed E-state index contributed by atoms with van der Waals surface area (Å²) in [5.41, 5.74) is 5.32. The van der Waals surface area contributed by atoms with E-state index in [0.29, 0.717) is 20.1 Å². The fourth-order valence-corrected chi connectivity index (χ4v) is 5.87. The van der Waals surface area contributed by atoms with Gasteiger partial charge in [-0.15, -0.1) is 0 Å². The number of hydrogen-bond acceptors (Lipinski definition) is 4. The summed E-state index contributed by atoms with van der Waals surface area (Å²) in [5, 5.41) is 10.9. The highest BCUT2D eigenvalue weighted by atomic mass is 35.5. The van der Waals surface area contributed by atoms with Crippen molar-refractivity contribution in [3.8, 4) is 5.69 Å². The molecule has 0 atom stereocenters. The number of carboxylic acid groups (broad SMARTS) is 1. The number of aliphatic imine (C=N–C) groups is 1. The summed E-state index contributed by atoms with van der Waals surface area (Å²) < 4.78 is 2.04. The van der Waals surface area contributed by atoms with Crippen LogP contribution in [0.25, 0.3) is 11.8 Å². The van der Waals surface area contributed by atoms with Gasteiger partial charge in [-0.1, -0.05) is 53.5 Å². The molecule has 1 amide bonds. The van der Waals surface area contributed by atoms with Crippen molar-refractivity contribution in [1.82, 2.24) is 9.47 Å². The molecule has 0 saturated carbocycles. The van der Waals surface area contributed by atoms with Crippen molar-refractivity contribution >= 4 is 63.8 Å². The predicted molar refractivity (Wildman–Crippen MR) is 158 cm³/mol. The molecular formula is C30H23Cl2N3O3S. The minimum atomic E-state index is -0.997. The van der Waals surface area contributed by atoms with E-state index in [1.807, 2.05) is 67.0 Å². The minimum Gasteiger partial charge on any atom is -0.478 e. The Morgan fingerprint density at radius 3 is 2.38 bits per heavy atom. The quantitative estimate of drug-likeness (QED) is 0.237. The number of para-hydroxylation sites is 1. The average molecular weight is 577 g/mol. The Morgan fingerprint density at radius 1 is 1.00 bits per heavy atom. The third-order valence-electron chi connectivity index (χ3n) is 6.32. The lowest BCUT2D eigenvalue weighted by Crippen LogP contribution is -2.28. The van der Waals surface area contributed by atoms with E-state index in [4.69, 9.17) is 28.2 Å². The number of amidine groups is 1. The van der Waals surface area contributed by atoms with Gasteiger partial charge in [0.1, 0.15) is 0 Å². The first-order valence-electron chi connectivity index (χ1n) is 12.0. The molecule has 1 aliphatic rings. The molecule has 2 heterocycles. The summed E-state index contributed by atoms with van der Waals surface area (Å²) in [6.07, 6.45) is 1.88. The van der Waals surface area contributed by atoms with Crippen LogP contribution in [0.15, 0.2) is 88.8 Å². The second kappa shape index (κ2) is 11.1. The highest BCUT2D eigenvalue weighted by Crippen LogP contribution is 2.37. The molecule has 3 aromatic carbocycles. The molecule has 196 valence electrons. The van der Waals surface area contributed by atoms with Crippen LogP contribution >= 0.6 is 35.0 Å². The fourth-order valence-electron chi connectivity index (χ4n) is 4.39. The number of benzene rings is 3. The third kappa shape index (κ3) is 5.66. The lowest BCUT2D eigenvalue weighted by atomic mass is 10.1. The van der Waals surface area contributed by atoms with E-state index in [1.54, 1.807) is 29.2 Å². The first-order chi connectivity index (χ1) is 18.7. The zero-order valence-corrected chi connectivity index (χ0v) is 23.4. The van der Waals surface area contributed by atoms with Crippen LogP contribution in [0.3, 0.4) is 0 Å². The Labute approximate surface area is 240 Å². The van der Waals surface area contributed by atoms with Crippen molar-refractivity contribution in [3.05, 3.63) is 122 Å². The van der Waals surface area contributed by atoms with Crippen LogP contribution in [0.2, 0.25) is 10.0 Å². The monoisotopic (exact) mass is 575 g/mol. The normalized spacial score (nSPS) is 15.5. The standard InChI is InChI=1S/C30H23Cl2N3O3S/c1-18-14-22(19(2)35(18)26-13-12-23(31)16-25(26)32)15-27-28(36)34(17-20-8-10-21(11-9-20)29(37)38)30(39-27)33-24-6-4-3-5-7-24/h3-16H,17H2,1-2H3,(H,37,38)/b27-15-,33-30?. The number of carbonyl (C=O) groups is 2. The van der Waals surface area contributed by atoms with Gasteiger partial charge in [-0.2, -0.15) is 0 Å². The second-order valence-corrected chi connectivity index (χ2v) is 10.8. The highest BCUT2D eigenvalue weighted by Gasteiger charge is 2.34. The van der Waals surface area contributed by atoms with Crippen LogP contribution in [0, 0.1) is 13.8 Å². The third-order valence-corrected chi connectivity index (χ3v) is 7.86. The summed E-state index contributed by atoms with van der Waals surface area (Å²) in [6.45, 7) is 4.22. The van der Waals surface area contributed by atoms with Gasteiger partial charge in [0.25, 0.3) is 5.91 Å². The Bertz CT molecular complexity index is 1640. The number of aromatic carboxylic acids is 1. The number of aryl methyl sites for hydroxylation is 1.